The Morgan fingerprint density at radius 1 is 0.567 bits per heavy atom. The molecule has 10 heteroatoms. The van der Waals surface area contributed by atoms with Gasteiger partial charge in [0.25, 0.3) is 0 Å². The topological polar surface area (TPSA) is 17.1 Å². The second kappa shape index (κ2) is 6.76. The second-order valence-electron chi connectivity index (χ2n) is 6.37. The van der Waals surface area contributed by atoms with E-state index in [4.69, 9.17) is 0 Å². The first kappa shape index (κ1) is 20.3. The van der Waals surface area contributed by atoms with Gasteiger partial charge in [-0.1, -0.05) is 17.7 Å². The predicted octanol–water partition coefficient (Wildman–Crippen LogP) is 6.51. The van der Waals surface area contributed by atoms with E-state index in [1.54, 1.807) is 6.92 Å². The van der Waals surface area contributed by atoms with Gasteiger partial charge in [-0.15, -0.1) is 0 Å². The van der Waals surface area contributed by atoms with Crippen LogP contribution in [0, 0.1) is 53.5 Å². The SMILES string of the molecule is Cc1ccc(-[s+]2c3c(F)c(F)c(F)c(F)c3c(=O)c3c(F)c(F)c(F)c(F)c32)cc1. The summed E-state index contributed by atoms with van der Waals surface area (Å²) in [6.07, 6.45) is 0. The predicted molar refractivity (Wildman–Crippen MR) is 95.9 cm³/mol. The number of fused-ring (bicyclic) bond motifs is 2. The summed E-state index contributed by atoms with van der Waals surface area (Å²) < 4.78 is 112. The lowest BCUT2D eigenvalue weighted by atomic mass is 10.1. The molecule has 0 amide bonds. The van der Waals surface area contributed by atoms with Crippen molar-refractivity contribution in [3.8, 4) is 4.90 Å². The lowest BCUT2D eigenvalue weighted by Gasteiger charge is -2.08. The van der Waals surface area contributed by atoms with Crippen molar-refractivity contribution in [2.45, 2.75) is 6.92 Å². The van der Waals surface area contributed by atoms with Crippen molar-refractivity contribution in [1.29, 1.82) is 0 Å². The maximum Gasteiger partial charge on any atom is 0.232 e. The summed E-state index contributed by atoms with van der Waals surface area (Å²) in [5.74, 6) is -17.6. The van der Waals surface area contributed by atoms with Gasteiger partial charge < -0.3 is 0 Å². The van der Waals surface area contributed by atoms with Gasteiger partial charge >= 0.3 is 0 Å². The number of rotatable bonds is 1. The van der Waals surface area contributed by atoms with Crippen LogP contribution in [0.3, 0.4) is 0 Å². The van der Waals surface area contributed by atoms with Crippen LogP contribution in [0.25, 0.3) is 25.1 Å². The average molecular weight is 447 g/mol. The first-order valence-corrected chi connectivity index (χ1v) is 9.37. The maximum absolute atomic E-state index is 14.7. The van der Waals surface area contributed by atoms with Gasteiger partial charge in [-0.25, -0.2) is 26.3 Å². The third-order valence-electron chi connectivity index (χ3n) is 4.57. The molecule has 0 unspecified atom stereocenters. The molecule has 0 aliphatic rings. The van der Waals surface area contributed by atoms with E-state index >= 15 is 0 Å². The molecule has 3 aromatic carbocycles. The molecule has 0 N–H and O–H groups in total. The van der Waals surface area contributed by atoms with E-state index in [0.717, 1.165) is 0 Å². The van der Waals surface area contributed by atoms with Crippen molar-refractivity contribution in [1.82, 2.24) is 0 Å². The molecule has 1 aromatic heterocycles. The molecule has 4 rings (SSSR count). The molecule has 4 aromatic rings. The average Bonchev–Trinajstić information content (AvgIpc) is 2.73. The molecule has 0 atom stereocenters. The molecule has 0 bridgehead atoms. The molecule has 0 spiro atoms. The normalized spacial score (nSPS) is 11.6. The Bertz CT molecular complexity index is 1360. The van der Waals surface area contributed by atoms with Crippen molar-refractivity contribution in [3.05, 3.63) is 86.6 Å². The molecule has 0 fully saturated rings. The van der Waals surface area contributed by atoms with Gasteiger partial charge in [0.05, 0.1) is 0 Å². The largest absolute Gasteiger partial charge is 0.288 e. The molecule has 0 saturated carbocycles. The van der Waals surface area contributed by atoms with Crippen LogP contribution in [0.1, 0.15) is 5.56 Å². The zero-order chi connectivity index (χ0) is 22.1. The third-order valence-corrected chi connectivity index (χ3v) is 6.89. The Morgan fingerprint density at radius 3 is 1.33 bits per heavy atom. The lowest BCUT2D eigenvalue weighted by molar-refractivity contribution is 0.417. The van der Waals surface area contributed by atoms with Crippen LogP contribution in [0.5, 0.6) is 0 Å². The smallest absolute Gasteiger partial charge is 0.232 e. The van der Waals surface area contributed by atoms with Gasteiger partial charge in [-0.3, -0.25) is 4.79 Å². The fraction of sp³-hybridized carbons (Fsp3) is 0.0500. The lowest BCUT2D eigenvalue weighted by Crippen LogP contribution is -2.13. The number of hydrogen-bond acceptors (Lipinski definition) is 1. The van der Waals surface area contributed by atoms with Crippen LogP contribution in [-0.2, 0) is 0 Å². The minimum atomic E-state index is -2.35. The Balaban J connectivity index is 2.48. The summed E-state index contributed by atoms with van der Waals surface area (Å²) in [6, 6.07) is 5.36. The highest BCUT2D eigenvalue weighted by atomic mass is 32.2. The third kappa shape index (κ3) is 2.56. The zero-order valence-electron chi connectivity index (χ0n) is 14.6. The van der Waals surface area contributed by atoms with Gasteiger partial charge in [0, 0.05) is 10.5 Å². The van der Waals surface area contributed by atoms with Crippen LogP contribution >= 0.6 is 10.5 Å². The minimum Gasteiger partial charge on any atom is -0.288 e. The Labute approximate surface area is 164 Å². The van der Waals surface area contributed by atoms with E-state index in [1.165, 1.54) is 24.3 Å². The first-order valence-electron chi connectivity index (χ1n) is 8.15. The van der Waals surface area contributed by atoms with Gasteiger partial charge in [0.2, 0.25) is 38.1 Å². The van der Waals surface area contributed by atoms with Crippen molar-refractivity contribution in [2.24, 2.45) is 0 Å². The van der Waals surface area contributed by atoms with Crippen LogP contribution < -0.4 is 5.43 Å². The molecule has 0 aliphatic heterocycles. The second-order valence-corrected chi connectivity index (χ2v) is 8.27. The summed E-state index contributed by atoms with van der Waals surface area (Å²) in [4.78, 5) is 12.5. The first-order chi connectivity index (χ1) is 14.1. The van der Waals surface area contributed by atoms with E-state index < -0.39 is 82.6 Å². The fourth-order valence-electron chi connectivity index (χ4n) is 3.15. The molecule has 1 nitrogen and oxygen atoms in total. The monoisotopic (exact) mass is 447 g/mol. The molecular formula is C20H7F8OS+. The highest BCUT2D eigenvalue weighted by Crippen LogP contribution is 2.47. The van der Waals surface area contributed by atoms with Gasteiger partial charge in [-0.05, 0) is 19.1 Å². The Morgan fingerprint density at radius 2 is 0.933 bits per heavy atom. The Kier molecular flexibility index (Phi) is 4.57. The summed E-state index contributed by atoms with van der Waals surface area (Å²) in [5, 5.41) is -2.82. The van der Waals surface area contributed by atoms with Crippen molar-refractivity contribution >= 4 is 30.6 Å². The Hall–Kier alpha value is -3.01. The van der Waals surface area contributed by atoms with E-state index in [0.29, 0.717) is 5.56 Å². The van der Waals surface area contributed by atoms with Gasteiger partial charge in [0.1, 0.15) is 10.8 Å². The van der Waals surface area contributed by atoms with Crippen molar-refractivity contribution in [2.75, 3.05) is 0 Å². The number of aryl methyl sites for hydroxylation is 1. The summed E-state index contributed by atoms with van der Waals surface area (Å²) in [5.41, 5.74) is -1.17. The maximum atomic E-state index is 14.7. The molecule has 0 radical (unpaired) electrons. The zero-order valence-corrected chi connectivity index (χ0v) is 15.5. The van der Waals surface area contributed by atoms with Crippen LogP contribution in [-0.4, -0.2) is 0 Å². The van der Waals surface area contributed by atoms with Gasteiger partial charge in [-0.2, -0.15) is 8.78 Å². The van der Waals surface area contributed by atoms with E-state index in [1.807, 2.05) is 0 Å². The van der Waals surface area contributed by atoms with Crippen LogP contribution in [0.4, 0.5) is 35.1 Å². The minimum absolute atomic E-state index is 0.0933. The molecule has 1 heterocycles. The number of hydrogen-bond donors (Lipinski definition) is 0. The highest BCUT2D eigenvalue weighted by molar-refractivity contribution is 7.49. The van der Waals surface area contributed by atoms with Crippen molar-refractivity contribution in [3.63, 3.8) is 0 Å². The summed E-state index contributed by atoms with van der Waals surface area (Å²) in [6.45, 7) is 1.64. The van der Waals surface area contributed by atoms with Crippen molar-refractivity contribution < 1.29 is 35.1 Å². The van der Waals surface area contributed by atoms with E-state index in [-0.39, 0.29) is 4.90 Å². The van der Waals surface area contributed by atoms with E-state index in [2.05, 4.69) is 0 Å². The molecular weight excluding hydrogens is 440 g/mol. The standard InChI is InChI=1S/C20H7F8OS/c1-6-2-4-7(5-3-6)30-19-8(10(21)12(23)14(25)16(19)27)18(29)9-11(22)13(24)15(26)17(28)20(9)30/h2-5H,1H3/q+1. The fourth-order valence-corrected chi connectivity index (χ4v) is 5.54. The van der Waals surface area contributed by atoms with Crippen LogP contribution in [0.15, 0.2) is 29.1 Å². The molecule has 30 heavy (non-hydrogen) atoms. The number of halogens is 8. The number of benzene rings is 3. The summed E-state index contributed by atoms with van der Waals surface area (Å²) in [7, 11) is -2.33. The quantitative estimate of drug-likeness (QED) is 0.107. The van der Waals surface area contributed by atoms with Gasteiger partial charge in [0.15, 0.2) is 28.2 Å². The molecule has 0 aliphatic carbocycles. The molecule has 154 valence electrons. The summed E-state index contributed by atoms with van der Waals surface area (Å²) >= 11 is 0. The van der Waals surface area contributed by atoms with E-state index in [9.17, 15) is 39.9 Å². The van der Waals surface area contributed by atoms with Crippen LogP contribution in [0.2, 0.25) is 0 Å². The highest BCUT2D eigenvalue weighted by Gasteiger charge is 2.38. The molecule has 0 saturated heterocycles.